The van der Waals surface area contributed by atoms with Gasteiger partial charge < -0.3 is 13.9 Å². The van der Waals surface area contributed by atoms with Crippen LogP contribution in [0.25, 0.3) is 0 Å². The van der Waals surface area contributed by atoms with Crippen molar-refractivity contribution in [2.45, 2.75) is 76.8 Å². The molecule has 5 rings (SSSR count). The van der Waals surface area contributed by atoms with Crippen LogP contribution in [0.3, 0.4) is 0 Å². The SMILES string of the molecule is C=C1C[C@]23C[C@H]1CC[C@H]2[C@]12OC(=O)[C@](C)(CC[C@H]1O[Si](C)(C)C)[C@H]2[C@@H]3C(=O)OC. The van der Waals surface area contributed by atoms with Crippen molar-refractivity contribution in [3.05, 3.63) is 12.2 Å². The Morgan fingerprint density at radius 1 is 1.24 bits per heavy atom. The third-order valence-corrected chi connectivity index (χ3v) is 10.0. The zero-order valence-electron chi connectivity index (χ0n) is 18.4. The van der Waals surface area contributed by atoms with Crippen molar-refractivity contribution in [1.29, 1.82) is 0 Å². The van der Waals surface area contributed by atoms with Crippen molar-refractivity contribution < 1.29 is 23.5 Å². The molecule has 0 unspecified atom stereocenters. The molecule has 4 bridgehead atoms. The number of fused-ring (bicyclic) bond motifs is 1. The summed E-state index contributed by atoms with van der Waals surface area (Å²) >= 11 is 0. The molecule has 29 heavy (non-hydrogen) atoms. The van der Waals surface area contributed by atoms with Gasteiger partial charge in [-0.2, -0.15) is 0 Å². The Morgan fingerprint density at radius 3 is 2.62 bits per heavy atom. The Bertz CT molecular complexity index is 802. The van der Waals surface area contributed by atoms with E-state index in [0.29, 0.717) is 12.3 Å². The highest BCUT2D eigenvalue weighted by molar-refractivity contribution is 6.69. The summed E-state index contributed by atoms with van der Waals surface area (Å²) in [5, 5.41) is 0. The van der Waals surface area contributed by atoms with E-state index in [1.165, 1.54) is 12.7 Å². The number of carbonyl (C=O) groups is 2. The van der Waals surface area contributed by atoms with E-state index in [0.717, 1.165) is 32.1 Å². The van der Waals surface area contributed by atoms with Crippen molar-refractivity contribution in [3.63, 3.8) is 0 Å². The van der Waals surface area contributed by atoms with E-state index in [1.54, 1.807) is 0 Å². The molecular weight excluding hydrogens is 384 g/mol. The summed E-state index contributed by atoms with van der Waals surface area (Å²) in [6.07, 6.45) is 5.29. The molecule has 4 saturated carbocycles. The smallest absolute Gasteiger partial charge is 0.312 e. The van der Waals surface area contributed by atoms with E-state index in [4.69, 9.17) is 13.9 Å². The Hall–Kier alpha value is -1.14. The van der Waals surface area contributed by atoms with Gasteiger partial charge in [0.1, 0.15) is 5.60 Å². The lowest BCUT2D eigenvalue weighted by molar-refractivity contribution is -0.172. The Labute approximate surface area is 174 Å². The number of hydrogen-bond acceptors (Lipinski definition) is 5. The second-order valence-corrected chi connectivity index (χ2v) is 16.0. The number of methoxy groups -OCH3 is 1. The maximum absolute atomic E-state index is 13.3. The van der Waals surface area contributed by atoms with E-state index < -0.39 is 19.3 Å². The molecule has 1 aliphatic heterocycles. The summed E-state index contributed by atoms with van der Waals surface area (Å²) in [4.78, 5) is 26.6. The summed E-state index contributed by atoms with van der Waals surface area (Å²) in [6.45, 7) is 13.0. The van der Waals surface area contributed by atoms with Crippen LogP contribution in [0, 0.1) is 34.5 Å². The van der Waals surface area contributed by atoms with Gasteiger partial charge >= 0.3 is 11.9 Å². The highest BCUT2D eigenvalue weighted by Crippen LogP contribution is 2.78. The van der Waals surface area contributed by atoms with Crippen LogP contribution in [0.2, 0.25) is 19.6 Å². The maximum Gasteiger partial charge on any atom is 0.312 e. The molecule has 0 aromatic rings. The minimum atomic E-state index is -1.87. The van der Waals surface area contributed by atoms with E-state index in [2.05, 4.69) is 26.2 Å². The van der Waals surface area contributed by atoms with E-state index in [9.17, 15) is 9.59 Å². The second-order valence-electron chi connectivity index (χ2n) is 11.5. The number of esters is 2. The molecule has 5 nitrogen and oxygen atoms in total. The van der Waals surface area contributed by atoms with Crippen molar-refractivity contribution in [2.24, 2.45) is 34.5 Å². The summed E-state index contributed by atoms with van der Waals surface area (Å²) in [7, 11) is -0.391. The van der Waals surface area contributed by atoms with Crippen molar-refractivity contribution in [3.8, 4) is 0 Å². The van der Waals surface area contributed by atoms with Crippen LogP contribution in [0.4, 0.5) is 0 Å². The summed E-state index contributed by atoms with van der Waals surface area (Å²) in [6, 6.07) is 0. The van der Waals surface area contributed by atoms with Gasteiger partial charge in [0.2, 0.25) is 0 Å². The van der Waals surface area contributed by atoms with Gasteiger partial charge in [0, 0.05) is 11.8 Å². The third kappa shape index (κ3) is 2.25. The van der Waals surface area contributed by atoms with Gasteiger partial charge in [-0.15, -0.1) is 0 Å². The average molecular weight is 419 g/mol. The van der Waals surface area contributed by atoms with Gasteiger partial charge in [-0.25, -0.2) is 0 Å². The maximum atomic E-state index is 13.3. The molecule has 0 N–H and O–H groups in total. The van der Waals surface area contributed by atoms with E-state index >= 15 is 0 Å². The number of carbonyl (C=O) groups excluding carboxylic acids is 2. The number of allylic oxidation sites excluding steroid dienone is 1. The second kappa shape index (κ2) is 5.76. The fourth-order valence-corrected chi connectivity index (χ4v) is 9.45. The van der Waals surface area contributed by atoms with Gasteiger partial charge in [0.15, 0.2) is 8.32 Å². The largest absolute Gasteiger partial charge is 0.469 e. The van der Waals surface area contributed by atoms with Crippen molar-refractivity contribution in [1.82, 2.24) is 0 Å². The Kier molecular flexibility index (Phi) is 3.93. The third-order valence-electron chi connectivity index (χ3n) is 9.04. The lowest BCUT2D eigenvalue weighted by Gasteiger charge is -2.49. The van der Waals surface area contributed by atoms with Gasteiger partial charge in [-0.05, 0) is 76.4 Å². The number of ether oxygens (including phenoxy) is 2. The topological polar surface area (TPSA) is 61.8 Å². The minimum Gasteiger partial charge on any atom is -0.469 e. The Morgan fingerprint density at radius 2 is 1.97 bits per heavy atom. The predicted molar refractivity (Wildman–Crippen MR) is 110 cm³/mol. The van der Waals surface area contributed by atoms with Crippen LogP contribution in [0.15, 0.2) is 12.2 Å². The zero-order valence-corrected chi connectivity index (χ0v) is 19.4. The molecule has 160 valence electrons. The quantitative estimate of drug-likeness (QED) is 0.393. The molecule has 4 aliphatic carbocycles. The molecule has 8 atom stereocenters. The van der Waals surface area contributed by atoms with Crippen LogP contribution < -0.4 is 0 Å². The average Bonchev–Trinajstić information content (AvgIpc) is 3.10. The lowest BCUT2D eigenvalue weighted by atomic mass is 9.59. The molecule has 1 saturated heterocycles. The first kappa shape index (κ1) is 19.8. The number of hydrogen-bond donors (Lipinski definition) is 0. The minimum absolute atomic E-state index is 0.124. The lowest BCUT2D eigenvalue weighted by Crippen LogP contribution is -2.59. The first-order valence-electron chi connectivity index (χ1n) is 11.2. The monoisotopic (exact) mass is 418 g/mol. The van der Waals surface area contributed by atoms with Crippen LogP contribution in [-0.2, 0) is 23.5 Å². The van der Waals surface area contributed by atoms with Gasteiger partial charge in [-0.3, -0.25) is 9.59 Å². The first-order chi connectivity index (χ1) is 13.5. The molecule has 6 heteroatoms. The van der Waals surface area contributed by atoms with Crippen molar-refractivity contribution in [2.75, 3.05) is 7.11 Å². The molecule has 1 heterocycles. The molecule has 1 spiro atoms. The summed E-state index contributed by atoms with van der Waals surface area (Å²) in [5.41, 5.74) is -0.264. The van der Waals surface area contributed by atoms with Crippen LogP contribution >= 0.6 is 0 Å². The molecule has 0 aromatic heterocycles. The standard InChI is InChI=1S/C23H34O5Si/c1-13-11-22-12-14(13)7-8-15(22)23-16(28-29(4,5)6)9-10-21(2,20(25)27-23)18(23)17(22)19(24)26-3/h14-18H,1,7-12H2,2-6H3/t14-,15-,16-,17-,18-,21-,22+,23+/m1/s1. The van der Waals surface area contributed by atoms with Crippen molar-refractivity contribution >= 4 is 20.3 Å². The molecule has 0 aromatic carbocycles. The molecule has 5 aliphatic rings. The molecular formula is C23H34O5Si. The zero-order chi connectivity index (χ0) is 21.0. The van der Waals surface area contributed by atoms with E-state index in [1.807, 2.05) is 6.92 Å². The summed E-state index contributed by atoms with van der Waals surface area (Å²) in [5.74, 6) is -0.161. The van der Waals surface area contributed by atoms with Crippen LogP contribution in [-0.4, -0.2) is 39.1 Å². The predicted octanol–water partition coefficient (Wildman–Crippen LogP) is 4.08. The molecule has 5 fully saturated rings. The fraction of sp³-hybridized carbons (Fsp3) is 0.826. The molecule has 0 radical (unpaired) electrons. The van der Waals surface area contributed by atoms with Gasteiger partial charge in [-0.1, -0.05) is 12.2 Å². The van der Waals surface area contributed by atoms with Crippen LogP contribution in [0.5, 0.6) is 0 Å². The highest BCUT2D eigenvalue weighted by Gasteiger charge is 2.84. The van der Waals surface area contributed by atoms with Gasteiger partial charge in [0.25, 0.3) is 0 Å². The van der Waals surface area contributed by atoms with E-state index in [-0.39, 0.29) is 41.2 Å². The summed E-state index contributed by atoms with van der Waals surface area (Å²) < 4.78 is 18.6. The van der Waals surface area contributed by atoms with Crippen LogP contribution in [0.1, 0.15) is 45.4 Å². The molecule has 0 amide bonds. The van der Waals surface area contributed by atoms with Gasteiger partial charge in [0.05, 0.1) is 24.5 Å². The highest BCUT2D eigenvalue weighted by atomic mass is 28.4. The fourth-order valence-electron chi connectivity index (χ4n) is 8.29. The normalized spacial score (nSPS) is 50.2. The number of rotatable bonds is 3. The Balaban J connectivity index is 1.73. The first-order valence-corrected chi connectivity index (χ1v) is 14.6.